The fraction of sp³-hybridized carbons (Fsp3) is 0.545. The van der Waals surface area contributed by atoms with E-state index in [1.807, 2.05) is 43.0 Å². The van der Waals surface area contributed by atoms with E-state index < -0.39 is 5.41 Å². The van der Waals surface area contributed by atoms with Gasteiger partial charge in [-0.2, -0.15) is 0 Å². The van der Waals surface area contributed by atoms with Gasteiger partial charge in [0.05, 0.1) is 11.1 Å². The third-order valence-corrected chi connectivity index (χ3v) is 6.59. The molecule has 0 bridgehead atoms. The maximum absolute atomic E-state index is 13.7. The van der Waals surface area contributed by atoms with Crippen LogP contribution in [0.2, 0.25) is 5.02 Å². The quantitative estimate of drug-likeness (QED) is 0.763. The van der Waals surface area contributed by atoms with Crippen molar-refractivity contribution in [2.75, 3.05) is 39.4 Å². The summed E-state index contributed by atoms with van der Waals surface area (Å²) in [6, 6.07) is 7.76. The molecule has 2 fully saturated rings. The van der Waals surface area contributed by atoms with Crippen LogP contribution in [-0.4, -0.2) is 60.3 Å². The highest BCUT2D eigenvalue weighted by Crippen LogP contribution is 2.38. The molecule has 0 aliphatic carbocycles. The standard InChI is InChI=1S/C22H28ClN3O3/c1-16-20(17(2)29-24-16)15-25-8-10-26(11-9-25)21(27)22(6-12-28-13-7-22)18-4-3-5-19(23)14-18/h3-5,14H,6-13,15H2,1-2H3. The molecule has 3 heterocycles. The number of rotatable bonds is 4. The number of aromatic nitrogens is 1. The number of halogens is 1. The summed E-state index contributed by atoms with van der Waals surface area (Å²) in [5.41, 5.74) is 2.58. The molecule has 0 atom stereocenters. The Morgan fingerprint density at radius 2 is 1.90 bits per heavy atom. The van der Waals surface area contributed by atoms with Crippen LogP contribution in [-0.2, 0) is 21.5 Å². The first-order chi connectivity index (χ1) is 14.0. The molecule has 1 amide bonds. The number of carbonyl (C=O) groups excluding carboxylic acids is 1. The van der Waals surface area contributed by atoms with Crippen LogP contribution >= 0.6 is 11.6 Å². The molecule has 2 aliphatic heterocycles. The minimum Gasteiger partial charge on any atom is -0.381 e. The zero-order chi connectivity index (χ0) is 20.4. The maximum Gasteiger partial charge on any atom is 0.233 e. The molecule has 0 spiro atoms. The lowest BCUT2D eigenvalue weighted by molar-refractivity contribution is -0.143. The van der Waals surface area contributed by atoms with Crippen LogP contribution in [0.3, 0.4) is 0 Å². The first kappa shape index (κ1) is 20.4. The molecule has 2 aliphatic rings. The summed E-state index contributed by atoms with van der Waals surface area (Å²) < 4.78 is 10.9. The third kappa shape index (κ3) is 4.06. The van der Waals surface area contributed by atoms with E-state index in [4.69, 9.17) is 20.9 Å². The summed E-state index contributed by atoms with van der Waals surface area (Å²) in [6.07, 6.45) is 1.40. The lowest BCUT2D eigenvalue weighted by Crippen LogP contribution is -2.55. The van der Waals surface area contributed by atoms with Crippen molar-refractivity contribution in [3.05, 3.63) is 51.9 Å². The molecule has 7 heteroatoms. The second-order valence-electron chi connectivity index (χ2n) is 8.08. The van der Waals surface area contributed by atoms with Crippen LogP contribution in [0.15, 0.2) is 28.8 Å². The highest BCUT2D eigenvalue weighted by atomic mass is 35.5. The van der Waals surface area contributed by atoms with Gasteiger partial charge in [-0.05, 0) is 44.4 Å². The minimum atomic E-state index is -0.535. The Hall–Kier alpha value is -1.89. The minimum absolute atomic E-state index is 0.208. The summed E-state index contributed by atoms with van der Waals surface area (Å²) in [6.45, 7) is 9.10. The van der Waals surface area contributed by atoms with E-state index in [1.54, 1.807) is 0 Å². The topological polar surface area (TPSA) is 58.8 Å². The number of amides is 1. The van der Waals surface area contributed by atoms with Gasteiger partial charge in [-0.3, -0.25) is 9.69 Å². The fourth-order valence-electron chi connectivity index (χ4n) is 4.49. The Labute approximate surface area is 176 Å². The van der Waals surface area contributed by atoms with Crippen molar-refractivity contribution in [3.63, 3.8) is 0 Å². The van der Waals surface area contributed by atoms with Crippen LogP contribution in [0.25, 0.3) is 0 Å². The zero-order valence-corrected chi connectivity index (χ0v) is 17.9. The highest BCUT2D eigenvalue weighted by molar-refractivity contribution is 6.30. The van der Waals surface area contributed by atoms with Gasteiger partial charge in [-0.1, -0.05) is 28.9 Å². The van der Waals surface area contributed by atoms with Crippen molar-refractivity contribution in [3.8, 4) is 0 Å². The Morgan fingerprint density at radius 3 is 2.52 bits per heavy atom. The van der Waals surface area contributed by atoms with E-state index >= 15 is 0 Å². The fourth-order valence-corrected chi connectivity index (χ4v) is 4.69. The number of piperazine rings is 1. The molecule has 29 heavy (non-hydrogen) atoms. The Bertz CT molecular complexity index is 848. The molecular formula is C22H28ClN3O3. The van der Waals surface area contributed by atoms with Crippen molar-refractivity contribution >= 4 is 17.5 Å². The average Bonchev–Trinajstić information content (AvgIpc) is 3.06. The van der Waals surface area contributed by atoms with Gasteiger partial charge >= 0.3 is 0 Å². The zero-order valence-electron chi connectivity index (χ0n) is 17.1. The molecule has 0 radical (unpaired) electrons. The van der Waals surface area contributed by atoms with Crippen LogP contribution < -0.4 is 0 Å². The van der Waals surface area contributed by atoms with E-state index in [0.717, 1.165) is 55.3 Å². The largest absolute Gasteiger partial charge is 0.381 e. The van der Waals surface area contributed by atoms with Gasteiger partial charge in [0.25, 0.3) is 0 Å². The van der Waals surface area contributed by atoms with E-state index in [2.05, 4.69) is 10.1 Å². The molecule has 1 aromatic carbocycles. The summed E-state index contributed by atoms with van der Waals surface area (Å²) in [5.74, 6) is 1.09. The summed E-state index contributed by atoms with van der Waals surface area (Å²) in [4.78, 5) is 18.1. The first-order valence-electron chi connectivity index (χ1n) is 10.3. The normalized spacial score (nSPS) is 20.0. The van der Waals surface area contributed by atoms with Crippen LogP contribution in [0.1, 0.15) is 35.4 Å². The summed E-state index contributed by atoms with van der Waals surface area (Å²) in [5, 5.41) is 4.72. The molecule has 0 saturated carbocycles. The van der Waals surface area contributed by atoms with Crippen LogP contribution in [0.5, 0.6) is 0 Å². The molecular weight excluding hydrogens is 390 g/mol. The van der Waals surface area contributed by atoms with E-state index in [0.29, 0.717) is 31.1 Å². The SMILES string of the molecule is Cc1noc(C)c1CN1CCN(C(=O)C2(c3cccc(Cl)c3)CCOCC2)CC1. The smallest absolute Gasteiger partial charge is 0.233 e. The number of aryl methyl sites for hydroxylation is 2. The monoisotopic (exact) mass is 417 g/mol. The number of ether oxygens (including phenoxy) is 1. The third-order valence-electron chi connectivity index (χ3n) is 6.36. The number of hydrogen-bond donors (Lipinski definition) is 0. The Kier molecular flexibility index (Phi) is 5.95. The molecule has 6 nitrogen and oxygen atoms in total. The van der Waals surface area contributed by atoms with Crippen LogP contribution in [0.4, 0.5) is 0 Å². The van der Waals surface area contributed by atoms with Crippen molar-refractivity contribution in [1.82, 2.24) is 15.0 Å². The van der Waals surface area contributed by atoms with Gasteiger partial charge < -0.3 is 14.2 Å². The number of benzene rings is 1. The average molecular weight is 418 g/mol. The van der Waals surface area contributed by atoms with E-state index in [-0.39, 0.29) is 5.91 Å². The molecule has 0 N–H and O–H groups in total. The maximum atomic E-state index is 13.7. The Balaban J connectivity index is 1.47. The lowest BCUT2D eigenvalue weighted by Gasteiger charge is -2.43. The second kappa shape index (κ2) is 8.46. The van der Waals surface area contributed by atoms with E-state index in [1.165, 1.54) is 0 Å². The predicted molar refractivity (Wildman–Crippen MR) is 111 cm³/mol. The van der Waals surface area contributed by atoms with Crippen molar-refractivity contribution < 1.29 is 14.1 Å². The number of nitrogens with zero attached hydrogens (tertiary/aromatic N) is 3. The molecule has 2 saturated heterocycles. The van der Waals surface area contributed by atoms with E-state index in [9.17, 15) is 4.79 Å². The summed E-state index contributed by atoms with van der Waals surface area (Å²) in [7, 11) is 0. The number of carbonyl (C=O) groups is 1. The van der Waals surface area contributed by atoms with Gasteiger partial charge in [0.2, 0.25) is 5.91 Å². The van der Waals surface area contributed by atoms with Crippen molar-refractivity contribution in [2.24, 2.45) is 0 Å². The molecule has 2 aromatic rings. The highest BCUT2D eigenvalue weighted by Gasteiger charge is 2.44. The van der Waals surface area contributed by atoms with Gasteiger partial charge in [-0.15, -0.1) is 0 Å². The lowest BCUT2D eigenvalue weighted by atomic mass is 9.73. The summed E-state index contributed by atoms with van der Waals surface area (Å²) >= 11 is 6.25. The molecule has 1 aromatic heterocycles. The predicted octanol–water partition coefficient (Wildman–Crippen LogP) is 3.34. The first-order valence-corrected chi connectivity index (χ1v) is 10.6. The van der Waals surface area contributed by atoms with Gasteiger partial charge in [0.15, 0.2) is 0 Å². The van der Waals surface area contributed by atoms with Gasteiger partial charge in [0, 0.05) is 56.5 Å². The molecule has 4 rings (SSSR count). The number of hydrogen-bond acceptors (Lipinski definition) is 5. The molecule has 0 unspecified atom stereocenters. The van der Waals surface area contributed by atoms with Gasteiger partial charge in [0.1, 0.15) is 5.76 Å². The van der Waals surface area contributed by atoms with Crippen molar-refractivity contribution in [1.29, 1.82) is 0 Å². The second-order valence-corrected chi connectivity index (χ2v) is 8.51. The van der Waals surface area contributed by atoms with Crippen molar-refractivity contribution in [2.45, 2.75) is 38.6 Å². The molecule has 156 valence electrons. The van der Waals surface area contributed by atoms with Crippen LogP contribution in [0, 0.1) is 13.8 Å². The Morgan fingerprint density at radius 1 is 1.17 bits per heavy atom. The van der Waals surface area contributed by atoms with Gasteiger partial charge in [-0.25, -0.2) is 0 Å².